The zero-order chi connectivity index (χ0) is 20.1. The molecule has 0 saturated heterocycles. The van der Waals surface area contributed by atoms with E-state index in [0.717, 1.165) is 24.3 Å². The van der Waals surface area contributed by atoms with E-state index in [1.54, 1.807) is 17.8 Å². The van der Waals surface area contributed by atoms with Gasteiger partial charge in [-0.25, -0.2) is 0 Å². The highest BCUT2D eigenvalue weighted by Crippen LogP contribution is 2.29. The summed E-state index contributed by atoms with van der Waals surface area (Å²) in [6, 6.07) is 5.56. The second-order valence-electron chi connectivity index (χ2n) is 6.87. The Morgan fingerprint density at radius 1 is 1.26 bits per heavy atom. The first-order valence-electron chi connectivity index (χ1n) is 9.81. The van der Waals surface area contributed by atoms with Crippen LogP contribution in [0.3, 0.4) is 0 Å². The number of carbonyl (C=O) groups excluding carboxylic acids is 1. The molecule has 27 heavy (non-hydrogen) atoms. The summed E-state index contributed by atoms with van der Waals surface area (Å²) in [5.74, 6) is 1.07. The Kier molecular flexibility index (Phi) is 12.3. The van der Waals surface area contributed by atoms with Gasteiger partial charge < -0.3 is 4.74 Å². The van der Waals surface area contributed by atoms with Gasteiger partial charge >= 0.3 is 5.97 Å². The van der Waals surface area contributed by atoms with Crippen molar-refractivity contribution < 1.29 is 9.53 Å². The highest BCUT2D eigenvalue weighted by Gasteiger charge is 2.14. The normalized spacial score (nSPS) is 15.4. The summed E-state index contributed by atoms with van der Waals surface area (Å²) in [7, 11) is 0. The second-order valence-corrected chi connectivity index (χ2v) is 8.33. The molecule has 1 aromatic rings. The Hall–Kier alpha value is -1.19. The van der Waals surface area contributed by atoms with E-state index in [1.807, 2.05) is 18.4 Å². The van der Waals surface area contributed by atoms with Gasteiger partial charge in [0.15, 0.2) is 0 Å². The van der Waals surface area contributed by atoms with E-state index in [0.29, 0.717) is 17.2 Å². The summed E-state index contributed by atoms with van der Waals surface area (Å²) >= 11 is 7.96. The lowest BCUT2D eigenvalue weighted by atomic mass is 9.94. The van der Waals surface area contributed by atoms with Crippen LogP contribution >= 0.6 is 23.4 Å². The number of allylic oxidation sites excluding steroid dienone is 1. The first-order chi connectivity index (χ1) is 13.1. The number of ether oxygens (including phenoxy) is 1. The summed E-state index contributed by atoms with van der Waals surface area (Å²) < 4.78 is 5.45. The molecule has 1 aliphatic carbocycles. The van der Waals surface area contributed by atoms with Crippen molar-refractivity contribution in [3.63, 3.8) is 0 Å². The molecule has 0 bridgehead atoms. The number of esters is 1. The number of rotatable bonds is 7. The van der Waals surface area contributed by atoms with Crippen molar-refractivity contribution in [1.29, 1.82) is 0 Å². The van der Waals surface area contributed by atoms with Gasteiger partial charge in [0.1, 0.15) is 5.75 Å². The SMILES string of the molecule is C=C.CS/C(C)=C\c1ccc(OC(=O)CCCC2CCCCCC2)c(Cl)c1. The van der Waals surface area contributed by atoms with Crippen LogP contribution < -0.4 is 4.74 Å². The van der Waals surface area contributed by atoms with Crippen LogP contribution in [-0.2, 0) is 4.79 Å². The van der Waals surface area contributed by atoms with Crippen molar-refractivity contribution >= 4 is 35.4 Å². The van der Waals surface area contributed by atoms with Gasteiger partial charge in [-0.3, -0.25) is 4.79 Å². The van der Waals surface area contributed by atoms with Crippen LogP contribution in [0.25, 0.3) is 6.08 Å². The van der Waals surface area contributed by atoms with Gasteiger partial charge in [-0.15, -0.1) is 24.9 Å². The number of benzene rings is 1. The van der Waals surface area contributed by atoms with E-state index in [1.165, 1.54) is 43.4 Å². The molecule has 2 nitrogen and oxygen atoms in total. The predicted octanol–water partition coefficient (Wildman–Crippen LogP) is 7.91. The first kappa shape index (κ1) is 23.8. The molecule has 1 aliphatic rings. The Balaban J connectivity index is 0.00000176. The van der Waals surface area contributed by atoms with Crippen LogP contribution in [0.5, 0.6) is 5.75 Å². The Morgan fingerprint density at radius 3 is 2.52 bits per heavy atom. The van der Waals surface area contributed by atoms with Crippen molar-refractivity contribution in [2.45, 2.75) is 64.7 Å². The first-order valence-corrected chi connectivity index (χ1v) is 11.4. The topological polar surface area (TPSA) is 26.3 Å². The minimum atomic E-state index is -0.181. The Bertz CT molecular complexity index is 604. The molecule has 0 atom stereocenters. The molecule has 1 aromatic carbocycles. The maximum absolute atomic E-state index is 12.1. The monoisotopic (exact) mass is 408 g/mol. The van der Waals surface area contributed by atoms with Crippen LogP contribution in [0.2, 0.25) is 5.02 Å². The third-order valence-electron chi connectivity index (χ3n) is 4.84. The van der Waals surface area contributed by atoms with E-state index >= 15 is 0 Å². The average Bonchev–Trinajstić information content (AvgIpc) is 2.94. The van der Waals surface area contributed by atoms with Gasteiger partial charge in [-0.2, -0.15) is 0 Å². The molecule has 1 fully saturated rings. The lowest BCUT2D eigenvalue weighted by Gasteiger charge is -2.13. The van der Waals surface area contributed by atoms with E-state index in [4.69, 9.17) is 16.3 Å². The van der Waals surface area contributed by atoms with Crippen molar-refractivity contribution in [2.24, 2.45) is 5.92 Å². The number of halogens is 1. The largest absolute Gasteiger partial charge is 0.425 e. The zero-order valence-corrected chi connectivity index (χ0v) is 18.3. The summed E-state index contributed by atoms with van der Waals surface area (Å²) in [6.07, 6.45) is 14.7. The molecular formula is C23H33ClO2S. The van der Waals surface area contributed by atoms with Gasteiger partial charge in [-0.05, 0) is 60.6 Å². The predicted molar refractivity (Wildman–Crippen MR) is 121 cm³/mol. The van der Waals surface area contributed by atoms with Crippen LogP contribution in [0.4, 0.5) is 0 Å². The lowest BCUT2D eigenvalue weighted by Crippen LogP contribution is -2.09. The Morgan fingerprint density at radius 2 is 1.93 bits per heavy atom. The molecular weight excluding hydrogens is 376 g/mol. The van der Waals surface area contributed by atoms with E-state index in [-0.39, 0.29) is 5.97 Å². The quantitative estimate of drug-likeness (QED) is 0.198. The van der Waals surface area contributed by atoms with Gasteiger partial charge in [0.05, 0.1) is 5.02 Å². The van der Waals surface area contributed by atoms with Crippen LogP contribution in [0, 0.1) is 5.92 Å². The molecule has 2 rings (SSSR count). The average molecular weight is 409 g/mol. The van der Waals surface area contributed by atoms with E-state index < -0.39 is 0 Å². The molecule has 0 radical (unpaired) electrons. The minimum absolute atomic E-state index is 0.181. The van der Waals surface area contributed by atoms with E-state index in [2.05, 4.69) is 26.2 Å². The third kappa shape index (κ3) is 9.53. The smallest absolute Gasteiger partial charge is 0.311 e. The van der Waals surface area contributed by atoms with Crippen molar-refractivity contribution in [1.82, 2.24) is 0 Å². The number of hydrogen-bond donors (Lipinski definition) is 0. The highest BCUT2D eigenvalue weighted by atomic mass is 35.5. The van der Waals surface area contributed by atoms with Gasteiger partial charge in [0.25, 0.3) is 0 Å². The van der Waals surface area contributed by atoms with Crippen LogP contribution in [0.15, 0.2) is 36.3 Å². The Labute approximate surface area is 174 Å². The maximum Gasteiger partial charge on any atom is 0.311 e. The molecule has 0 aliphatic heterocycles. The fraction of sp³-hybridized carbons (Fsp3) is 0.522. The molecule has 0 unspecified atom stereocenters. The summed E-state index contributed by atoms with van der Waals surface area (Å²) in [4.78, 5) is 13.3. The minimum Gasteiger partial charge on any atom is -0.425 e. The summed E-state index contributed by atoms with van der Waals surface area (Å²) in [6.45, 7) is 8.06. The standard InChI is InChI=1S/C21H29ClO2S.C2H4/c1-16(25-2)14-18-12-13-20(19(22)15-18)24-21(23)11-7-10-17-8-5-3-4-6-9-17;1-2/h12-15,17H,3-11H2,1-2H3;1-2H2/b16-14-;. The molecule has 0 N–H and O–H groups in total. The number of carbonyl (C=O) groups is 1. The van der Waals surface area contributed by atoms with Gasteiger partial charge in [0.2, 0.25) is 0 Å². The molecule has 150 valence electrons. The molecule has 0 aromatic heterocycles. The van der Waals surface area contributed by atoms with Crippen LogP contribution in [-0.4, -0.2) is 12.2 Å². The maximum atomic E-state index is 12.1. The second kappa shape index (κ2) is 13.9. The third-order valence-corrected chi connectivity index (χ3v) is 5.90. The highest BCUT2D eigenvalue weighted by molar-refractivity contribution is 8.02. The lowest BCUT2D eigenvalue weighted by molar-refractivity contribution is -0.134. The van der Waals surface area contributed by atoms with Gasteiger partial charge in [-0.1, -0.05) is 56.2 Å². The fourth-order valence-electron chi connectivity index (χ4n) is 3.34. The molecule has 4 heteroatoms. The van der Waals surface area contributed by atoms with Crippen LogP contribution in [0.1, 0.15) is 70.3 Å². The van der Waals surface area contributed by atoms with Crippen molar-refractivity contribution in [3.8, 4) is 5.75 Å². The number of thioether (sulfide) groups is 1. The van der Waals surface area contributed by atoms with Crippen molar-refractivity contribution in [2.75, 3.05) is 6.26 Å². The van der Waals surface area contributed by atoms with E-state index in [9.17, 15) is 4.79 Å². The molecule has 0 heterocycles. The molecule has 1 saturated carbocycles. The van der Waals surface area contributed by atoms with Gasteiger partial charge in [0, 0.05) is 6.42 Å². The number of hydrogen-bond acceptors (Lipinski definition) is 3. The summed E-state index contributed by atoms with van der Waals surface area (Å²) in [5, 5.41) is 0.486. The van der Waals surface area contributed by atoms with Crippen molar-refractivity contribution in [3.05, 3.63) is 46.8 Å². The molecule has 0 spiro atoms. The molecule has 0 amide bonds. The summed E-state index contributed by atoms with van der Waals surface area (Å²) in [5.41, 5.74) is 1.02. The fourth-order valence-corrected chi connectivity index (χ4v) is 3.83. The zero-order valence-electron chi connectivity index (χ0n) is 16.8.